The number of amides is 2. The van der Waals surface area contributed by atoms with Gasteiger partial charge in [0.1, 0.15) is 0 Å². The van der Waals surface area contributed by atoms with Crippen molar-refractivity contribution in [1.29, 1.82) is 0 Å². The maximum atomic E-state index is 12.6. The van der Waals surface area contributed by atoms with Gasteiger partial charge < -0.3 is 10.2 Å². The van der Waals surface area contributed by atoms with Crippen LogP contribution in [-0.4, -0.2) is 23.3 Å². The van der Waals surface area contributed by atoms with Gasteiger partial charge in [-0.1, -0.05) is 18.2 Å². The molecule has 5 nitrogen and oxygen atoms in total. The van der Waals surface area contributed by atoms with Crippen LogP contribution < -0.4 is 10.2 Å². The predicted molar refractivity (Wildman–Crippen MR) is 105 cm³/mol. The number of rotatable bonds is 3. The molecule has 3 aromatic rings. The quantitative estimate of drug-likeness (QED) is 0.765. The second-order valence-electron chi connectivity index (χ2n) is 6.59. The number of anilines is 2. The molecule has 1 N–H and O–H groups in total. The van der Waals surface area contributed by atoms with Gasteiger partial charge in [-0.3, -0.25) is 9.59 Å². The molecule has 6 heteroatoms. The van der Waals surface area contributed by atoms with Crippen molar-refractivity contribution >= 4 is 44.7 Å². The van der Waals surface area contributed by atoms with Crippen LogP contribution in [-0.2, 0) is 9.59 Å². The molecular formula is C20H19N3O2S. The molecule has 0 aliphatic carbocycles. The van der Waals surface area contributed by atoms with Crippen LogP contribution in [0.1, 0.15) is 17.0 Å². The normalized spacial score (nSPS) is 17.1. The van der Waals surface area contributed by atoms with Gasteiger partial charge in [0.15, 0.2) is 0 Å². The first-order valence-electron chi connectivity index (χ1n) is 8.55. The van der Waals surface area contributed by atoms with Crippen molar-refractivity contribution in [3.63, 3.8) is 0 Å². The number of hydrogen-bond donors (Lipinski definition) is 1. The van der Waals surface area contributed by atoms with E-state index in [1.165, 1.54) is 0 Å². The van der Waals surface area contributed by atoms with Gasteiger partial charge in [-0.25, -0.2) is 4.98 Å². The van der Waals surface area contributed by atoms with Crippen LogP contribution in [0.4, 0.5) is 11.4 Å². The lowest BCUT2D eigenvalue weighted by Crippen LogP contribution is -2.28. The molecule has 1 aromatic heterocycles. The van der Waals surface area contributed by atoms with Crippen LogP contribution in [0.3, 0.4) is 0 Å². The van der Waals surface area contributed by atoms with E-state index in [0.29, 0.717) is 6.54 Å². The number of nitrogens with one attached hydrogen (secondary N) is 1. The Morgan fingerprint density at radius 1 is 1.23 bits per heavy atom. The number of carbonyl (C=O) groups excluding carboxylic acids is 2. The average molecular weight is 365 g/mol. The summed E-state index contributed by atoms with van der Waals surface area (Å²) in [6.45, 7) is 4.31. The van der Waals surface area contributed by atoms with E-state index < -0.39 is 0 Å². The fraction of sp³-hybridized carbons (Fsp3) is 0.250. The summed E-state index contributed by atoms with van der Waals surface area (Å²) in [5, 5.41) is 3.95. The highest BCUT2D eigenvalue weighted by Gasteiger charge is 2.35. The summed E-state index contributed by atoms with van der Waals surface area (Å²) in [6.07, 6.45) is 0.228. The van der Waals surface area contributed by atoms with Crippen LogP contribution in [0.2, 0.25) is 0 Å². The number of aromatic nitrogens is 1. The van der Waals surface area contributed by atoms with E-state index in [4.69, 9.17) is 0 Å². The van der Waals surface area contributed by atoms with Crippen LogP contribution in [0.15, 0.2) is 42.5 Å². The number of thiazole rings is 1. The molecule has 1 unspecified atom stereocenters. The molecule has 1 aliphatic rings. The van der Waals surface area contributed by atoms with Gasteiger partial charge in [-0.2, -0.15) is 0 Å². The van der Waals surface area contributed by atoms with Gasteiger partial charge in [0.2, 0.25) is 11.8 Å². The van der Waals surface area contributed by atoms with Crippen LogP contribution >= 0.6 is 11.3 Å². The lowest BCUT2D eigenvalue weighted by Gasteiger charge is -2.17. The standard InChI is InChI=1S/C20H19N3O2S/c1-12-5-3-4-6-16(12)22-20(25)14-9-19(24)23(11-14)15-7-8-18-17(10-15)21-13(2)26-18/h3-8,10,14H,9,11H2,1-2H3,(H,22,25). The Balaban J connectivity index is 1.52. The summed E-state index contributed by atoms with van der Waals surface area (Å²) in [5.41, 5.74) is 3.50. The van der Waals surface area contributed by atoms with Gasteiger partial charge in [0.25, 0.3) is 0 Å². The molecule has 2 heterocycles. The SMILES string of the molecule is Cc1nc2cc(N3CC(C(=O)Nc4ccccc4C)CC3=O)ccc2s1. The summed E-state index contributed by atoms with van der Waals surface area (Å²) >= 11 is 1.63. The number of aryl methyl sites for hydroxylation is 2. The van der Waals surface area contributed by atoms with E-state index in [2.05, 4.69) is 10.3 Å². The largest absolute Gasteiger partial charge is 0.326 e. The van der Waals surface area contributed by atoms with Crippen molar-refractivity contribution in [2.45, 2.75) is 20.3 Å². The molecule has 132 valence electrons. The maximum Gasteiger partial charge on any atom is 0.229 e. The number of carbonyl (C=O) groups is 2. The van der Waals surface area contributed by atoms with Crippen molar-refractivity contribution in [1.82, 2.24) is 4.98 Å². The molecule has 1 saturated heterocycles. The number of benzene rings is 2. The molecule has 0 radical (unpaired) electrons. The third-order valence-corrected chi connectivity index (χ3v) is 5.64. The summed E-state index contributed by atoms with van der Waals surface area (Å²) in [7, 11) is 0. The predicted octanol–water partition coefficient (Wildman–Crippen LogP) is 3.90. The Morgan fingerprint density at radius 3 is 2.85 bits per heavy atom. The number of hydrogen-bond acceptors (Lipinski definition) is 4. The first kappa shape index (κ1) is 16.7. The van der Waals surface area contributed by atoms with Gasteiger partial charge in [-0.05, 0) is 43.7 Å². The summed E-state index contributed by atoms with van der Waals surface area (Å²) < 4.78 is 1.10. The molecule has 4 rings (SSSR count). The third kappa shape index (κ3) is 3.08. The second-order valence-corrected chi connectivity index (χ2v) is 7.83. The van der Waals surface area contributed by atoms with E-state index in [0.717, 1.165) is 32.2 Å². The minimum Gasteiger partial charge on any atom is -0.326 e. The van der Waals surface area contributed by atoms with Crippen molar-refractivity contribution in [3.05, 3.63) is 53.0 Å². The van der Waals surface area contributed by atoms with Gasteiger partial charge in [0, 0.05) is 24.3 Å². The topological polar surface area (TPSA) is 62.3 Å². The van der Waals surface area contributed by atoms with Crippen LogP contribution in [0.5, 0.6) is 0 Å². The van der Waals surface area contributed by atoms with Crippen LogP contribution in [0.25, 0.3) is 10.2 Å². The number of fused-ring (bicyclic) bond motifs is 1. The Labute approximate surface area is 155 Å². The summed E-state index contributed by atoms with van der Waals surface area (Å²) in [6, 6.07) is 13.5. The summed E-state index contributed by atoms with van der Waals surface area (Å²) in [5.74, 6) is -0.489. The monoisotopic (exact) mass is 365 g/mol. The molecule has 0 spiro atoms. The Bertz CT molecular complexity index is 1010. The molecule has 2 amide bonds. The van der Waals surface area contributed by atoms with Gasteiger partial charge >= 0.3 is 0 Å². The zero-order chi connectivity index (χ0) is 18.3. The molecule has 1 atom stereocenters. The minimum absolute atomic E-state index is 0.0266. The first-order chi connectivity index (χ1) is 12.5. The lowest BCUT2D eigenvalue weighted by molar-refractivity contribution is -0.122. The highest BCUT2D eigenvalue weighted by atomic mass is 32.1. The molecule has 0 bridgehead atoms. The van der Waals surface area contributed by atoms with E-state index in [9.17, 15) is 9.59 Å². The fourth-order valence-electron chi connectivity index (χ4n) is 3.28. The number of nitrogens with zero attached hydrogens (tertiary/aromatic N) is 2. The van der Waals surface area contributed by atoms with Gasteiger partial charge in [0.05, 0.1) is 21.1 Å². The highest BCUT2D eigenvalue weighted by Crippen LogP contribution is 2.30. The summed E-state index contributed by atoms with van der Waals surface area (Å²) in [4.78, 5) is 31.3. The van der Waals surface area contributed by atoms with E-state index in [1.54, 1.807) is 16.2 Å². The van der Waals surface area contributed by atoms with E-state index in [1.807, 2.05) is 56.3 Å². The average Bonchev–Trinajstić information content (AvgIpc) is 3.18. The minimum atomic E-state index is -0.352. The molecule has 1 fully saturated rings. The maximum absolute atomic E-state index is 12.6. The Kier molecular flexibility index (Phi) is 4.20. The zero-order valence-electron chi connectivity index (χ0n) is 14.7. The van der Waals surface area contributed by atoms with E-state index in [-0.39, 0.29) is 24.2 Å². The smallest absolute Gasteiger partial charge is 0.229 e. The zero-order valence-corrected chi connectivity index (χ0v) is 15.5. The molecule has 1 aliphatic heterocycles. The fourth-order valence-corrected chi connectivity index (χ4v) is 4.09. The van der Waals surface area contributed by atoms with Crippen molar-refractivity contribution in [2.75, 3.05) is 16.8 Å². The highest BCUT2D eigenvalue weighted by molar-refractivity contribution is 7.18. The molecule has 2 aromatic carbocycles. The van der Waals surface area contributed by atoms with Crippen molar-refractivity contribution in [2.24, 2.45) is 5.92 Å². The third-order valence-electron chi connectivity index (χ3n) is 4.69. The Hall–Kier alpha value is -2.73. The van der Waals surface area contributed by atoms with Crippen molar-refractivity contribution in [3.8, 4) is 0 Å². The molecule has 0 saturated carbocycles. The Morgan fingerprint density at radius 2 is 2.04 bits per heavy atom. The number of para-hydroxylation sites is 1. The van der Waals surface area contributed by atoms with Crippen molar-refractivity contribution < 1.29 is 9.59 Å². The van der Waals surface area contributed by atoms with Gasteiger partial charge in [-0.15, -0.1) is 11.3 Å². The second kappa shape index (κ2) is 6.53. The molecule has 26 heavy (non-hydrogen) atoms. The van der Waals surface area contributed by atoms with E-state index >= 15 is 0 Å². The lowest BCUT2D eigenvalue weighted by atomic mass is 10.1. The first-order valence-corrected chi connectivity index (χ1v) is 9.37. The molecular weight excluding hydrogens is 346 g/mol. The van der Waals surface area contributed by atoms with Crippen LogP contribution in [0, 0.1) is 19.8 Å².